The number of aryl methyl sites for hydroxylation is 3. The fourth-order valence-electron chi connectivity index (χ4n) is 3.60. The summed E-state index contributed by atoms with van der Waals surface area (Å²) in [5.74, 6) is -0.361. The first-order valence-corrected chi connectivity index (χ1v) is 8.25. The van der Waals surface area contributed by atoms with Gasteiger partial charge in [0.1, 0.15) is 5.82 Å². The van der Waals surface area contributed by atoms with Crippen molar-refractivity contribution in [3.8, 4) is 0 Å². The Morgan fingerprint density at radius 3 is 2.65 bits per heavy atom. The van der Waals surface area contributed by atoms with Gasteiger partial charge in [-0.15, -0.1) is 12.4 Å². The minimum atomic E-state index is -0.236. The number of hydrogen-bond acceptors (Lipinski definition) is 3. The van der Waals surface area contributed by atoms with Crippen molar-refractivity contribution in [2.75, 3.05) is 0 Å². The second-order valence-corrected chi connectivity index (χ2v) is 6.59. The smallest absolute Gasteiger partial charge is 0.206 e. The number of hydrogen-bond donors (Lipinski definition) is 3. The molecule has 7 heteroatoms. The van der Waals surface area contributed by atoms with Crippen molar-refractivity contribution in [3.05, 3.63) is 63.7 Å². The molecule has 1 atom stereocenters. The van der Waals surface area contributed by atoms with Crippen LogP contribution in [0.5, 0.6) is 0 Å². The Labute approximate surface area is 158 Å². The molecule has 1 heterocycles. The van der Waals surface area contributed by atoms with Crippen LogP contribution < -0.4 is 11.2 Å². The third-order valence-electron chi connectivity index (χ3n) is 4.58. The van der Waals surface area contributed by atoms with Gasteiger partial charge in [0.25, 0.3) is 0 Å². The first-order valence-electron chi connectivity index (χ1n) is 8.25. The molecule has 0 radical (unpaired) electrons. The van der Waals surface area contributed by atoms with E-state index >= 15 is 0 Å². The molecule has 5 nitrogen and oxygen atoms in total. The summed E-state index contributed by atoms with van der Waals surface area (Å²) in [6.45, 7) is 5.99. The number of aromatic nitrogens is 1. The predicted octanol–water partition coefficient (Wildman–Crippen LogP) is 3.48. The molecule has 138 valence electrons. The molecule has 0 aliphatic heterocycles. The van der Waals surface area contributed by atoms with Crippen molar-refractivity contribution in [1.82, 2.24) is 10.4 Å². The normalized spacial score (nSPS) is 17.4. The maximum absolute atomic E-state index is 13.8. The van der Waals surface area contributed by atoms with E-state index in [9.17, 15) is 4.39 Å². The molecule has 1 aliphatic carbocycles. The van der Waals surface area contributed by atoms with Crippen molar-refractivity contribution in [2.45, 2.75) is 39.5 Å². The molecule has 0 spiro atoms. The Morgan fingerprint density at radius 1 is 1.23 bits per heavy atom. The van der Waals surface area contributed by atoms with Gasteiger partial charge in [-0.05, 0) is 74.4 Å². The summed E-state index contributed by atoms with van der Waals surface area (Å²) < 4.78 is 13.8. The van der Waals surface area contributed by atoms with E-state index in [1.54, 1.807) is 12.1 Å². The molecular weight excluding hydrogens is 353 g/mol. The number of nitrogens with one attached hydrogen (secondary N) is 2. The Hall–Kier alpha value is -2.47. The van der Waals surface area contributed by atoms with Crippen LogP contribution >= 0.6 is 12.4 Å². The molecule has 0 bridgehead atoms. The summed E-state index contributed by atoms with van der Waals surface area (Å²) in [4.78, 5) is 4.69. The lowest BCUT2D eigenvalue weighted by Crippen LogP contribution is -2.30. The summed E-state index contributed by atoms with van der Waals surface area (Å²) in [5.41, 5.74) is 14.8. The van der Waals surface area contributed by atoms with Crippen LogP contribution in [0.1, 0.15) is 46.0 Å². The van der Waals surface area contributed by atoms with E-state index in [2.05, 4.69) is 10.5 Å². The highest BCUT2D eigenvalue weighted by molar-refractivity contribution is 6.04. The summed E-state index contributed by atoms with van der Waals surface area (Å²) >= 11 is 0. The van der Waals surface area contributed by atoms with Crippen LogP contribution in [0.25, 0.3) is 0 Å². The molecule has 1 aromatic carbocycles. The number of fused-ring (bicyclic) bond motifs is 1. The van der Waals surface area contributed by atoms with E-state index in [1.807, 2.05) is 26.8 Å². The fourth-order valence-corrected chi connectivity index (χ4v) is 3.60. The Balaban J connectivity index is 0.00000243. The summed E-state index contributed by atoms with van der Waals surface area (Å²) in [6, 6.07) is 6.91. The second-order valence-electron chi connectivity index (χ2n) is 6.59. The lowest BCUT2D eigenvalue weighted by molar-refractivity contribution is 0.612. The zero-order valence-corrected chi connectivity index (χ0v) is 15.9. The van der Waals surface area contributed by atoms with Gasteiger partial charge < -0.3 is 5.73 Å². The lowest BCUT2D eigenvalue weighted by Gasteiger charge is -2.28. The molecule has 3 rings (SSSR count). The molecule has 2 aromatic rings. The molecule has 1 unspecified atom stereocenters. The molecule has 0 saturated heterocycles. The van der Waals surface area contributed by atoms with Crippen molar-refractivity contribution in [3.63, 3.8) is 0 Å². The standard InChI is InChI=1S/C19H22FN5.ClH/c1-10-4-5-14(20)9-15(10)13-7-16-18(11(2)6-12(3)23-16)17(8-13)24-25-19(21)22;/h4-6,9,13H,7-8H2,1-3H3,(H4,21,22,25);1H. The van der Waals surface area contributed by atoms with Gasteiger partial charge in [-0.3, -0.25) is 10.4 Å². The minimum Gasteiger partial charge on any atom is -0.369 e. The van der Waals surface area contributed by atoms with Gasteiger partial charge in [-0.25, -0.2) is 9.82 Å². The van der Waals surface area contributed by atoms with Crippen LogP contribution in [0.3, 0.4) is 0 Å². The van der Waals surface area contributed by atoms with Crippen molar-refractivity contribution >= 4 is 24.1 Å². The summed E-state index contributed by atoms with van der Waals surface area (Å²) in [5, 5.41) is 11.7. The van der Waals surface area contributed by atoms with Crippen molar-refractivity contribution in [1.29, 1.82) is 5.41 Å². The highest BCUT2D eigenvalue weighted by atomic mass is 35.5. The summed E-state index contributed by atoms with van der Waals surface area (Å²) in [7, 11) is 0. The van der Waals surface area contributed by atoms with E-state index in [0.29, 0.717) is 6.42 Å². The molecule has 26 heavy (non-hydrogen) atoms. The zero-order chi connectivity index (χ0) is 18.1. The number of guanidine groups is 1. The van der Waals surface area contributed by atoms with E-state index in [1.165, 1.54) is 6.07 Å². The van der Waals surface area contributed by atoms with Crippen LogP contribution in [0.2, 0.25) is 0 Å². The van der Waals surface area contributed by atoms with Gasteiger partial charge in [0, 0.05) is 11.3 Å². The molecule has 0 fully saturated rings. The third-order valence-corrected chi connectivity index (χ3v) is 4.58. The van der Waals surface area contributed by atoms with Gasteiger partial charge in [0.05, 0.1) is 11.4 Å². The van der Waals surface area contributed by atoms with Crippen molar-refractivity contribution < 1.29 is 4.39 Å². The van der Waals surface area contributed by atoms with E-state index < -0.39 is 0 Å². The Kier molecular flexibility index (Phi) is 5.97. The number of pyridine rings is 1. The Morgan fingerprint density at radius 2 is 1.96 bits per heavy atom. The van der Waals surface area contributed by atoms with E-state index in [-0.39, 0.29) is 30.1 Å². The first kappa shape index (κ1) is 19.8. The zero-order valence-electron chi connectivity index (χ0n) is 15.1. The van der Waals surface area contributed by atoms with Crippen LogP contribution in [0, 0.1) is 32.0 Å². The maximum atomic E-state index is 13.8. The molecule has 4 N–H and O–H groups in total. The average Bonchev–Trinajstić information content (AvgIpc) is 2.54. The van der Waals surface area contributed by atoms with Crippen LogP contribution in [0.4, 0.5) is 4.39 Å². The summed E-state index contributed by atoms with van der Waals surface area (Å²) in [6.07, 6.45) is 1.38. The molecule has 1 aliphatic rings. The van der Waals surface area contributed by atoms with Gasteiger partial charge in [0.15, 0.2) is 0 Å². The van der Waals surface area contributed by atoms with E-state index in [4.69, 9.17) is 16.1 Å². The van der Waals surface area contributed by atoms with Gasteiger partial charge in [-0.2, -0.15) is 5.10 Å². The van der Waals surface area contributed by atoms with Crippen LogP contribution in [-0.2, 0) is 6.42 Å². The molecule has 0 amide bonds. The predicted molar refractivity (Wildman–Crippen MR) is 105 cm³/mol. The number of hydrazone groups is 1. The SMILES string of the molecule is Cc1cc(C)c2c(n1)CC(c1cc(F)ccc1C)CC2=NNC(=N)N.Cl. The van der Waals surface area contributed by atoms with E-state index in [0.717, 1.165) is 45.8 Å². The second kappa shape index (κ2) is 7.83. The fraction of sp³-hybridized carbons (Fsp3) is 0.316. The number of nitrogens with zero attached hydrogens (tertiary/aromatic N) is 2. The van der Waals surface area contributed by atoms with Crippen LogP contribution in [-0.4, -0.2) is 16.7 Å². The quantitative estimate of drug-likeness (QED) is 0.426. The van der Waals surface area contributed by atoms with Gasteiger partial charge >= 0.3 is 0 Å². The largest absolute Gasteiger partial charge is 0.369 e. The van der Waals surface area contributed by atoms with Crippen LogP contribution in [0.15, 0.2) is 29.4 Å². The molecular formula is C19H23ClFN5. The number of nitrogens with two attached hydrogens (primary N) is 1. The average molecular weight is 376 g/mol. The van der Waals surface area contributed by atoms with Gasteiger partial charge in [-0.1, -0.05) is 6.07 Å². The lowest BCUT2D eigenvalue weighted by atomic mass is 9.78. The molecule has 1 aromatic heterocycles. The van der Waals surface area contributed by atoms with Gasteiger partial charge in [0.2, 0.25) is 5.96 Å². The van der Waals surface area contributed by atoms with Crippen molar-refractivity contribution in [2.24, 2.45) is 10.8 Å². The number of rotatable bonds is 2. The number of benzene rings is 1. The third kappa shape index (κ3) is 4.02. The first-order chi connectivity index (χ1) is 11.8. The minimum absolute atomic E-state index is 0. The highest BCUT2D eigenvalue weighted by Crippen LogP contribution is 2.35. The maximum Gasteiger partial charge on any atom is 0.206 e. The topological polar surface area (TPSA) is 87.2 Å². The monoisotopic (exact) mass is 375 g/mol. The Bertz CT molecular complexity index is 878. The number of halogens is 2. The molecule has 0 saturated carbocycles. The highest BCUT2D eigenvalue weighted by Gasteiger charge is 2.29.